The number of nitrogens with one attached hydrogen (secondary N) is 1. The zero-order chi connectivity index (χ0) is 15.2. The molecule has 0 saturated heterocycles. The summed E-state index contributed by atoms with van der Waals surface area (Å²) in [5.41, 5.74) is 3.47. The van der Waals surface area contributed by atoms with Gasteiger partial charge in [-0.15, -0.1) is 0 Å². The molecule has 1 nitrogen and oxygen atoms in total. The van der Waals surface area contributed by atoms with Crippen molar-refractivity contribution >= 4 is 11.6 Å². The first-order chi connectivity index (χ1) is 10.2. The number of hydrogen-bond acceptors (Lipinski definition) is 1. The van der Waals surface area contributed by atoms with Gasteiger partial charge in [0.2, 0.25) is 0 Å². The normalized spacial score (nSPS) is 12.4. The van der Waals surface area contributed by atoms with Gasteiger partial charge < -0.3 is 5.32 Å². The van der Waals surface area contributed by atoms with Crippen LogP contribution >= 0.6 is 11.6 Å². The summed E-state index contributed by atoms with van der Waals surface area (Å²) in [7, 11) is 0. The Morgan fingerprint density at radius 1 is 1.10 bits per heavy atom. The van der Waals surface area contributed by atoms with Crippen LogP contribution in [0.1, 0.15) is 43.0 Å². The van der Waals surface area contributed by atoms with Crippen molar-refractivity contribution < 1.29 is 4.39 Å². The molecule has 2 aromatic carbocycles. The molecule has 21 heavy (non-hydrogen) atoms. The number of rotatable bonds is 6. The van der Waals surface area contributed by atoms with Gasteiger partial charge in [-0.25, -0.2) is 4.39 Å². The summed E-state index contributed by atoms with van der Waals surface area (Å²) in [5.74, 6) is -0.378. The Morgan fingerprint density at radius 2 is 1.86 bits per heavy atom. The average Bonchev–Trinajstić information content (AvgIpc) is 2.51. The van der Waals surface area contributed by atoms with Crippen LogP contribution in [0.2, 0.25) is 5.02 Å². The van der Waals surface area contributed by atoms with Crippen molar-refractivity contribution in [1.29, 1.82) is 0 Å². The molecule has 1 N–H and O–H groups in total. The summed E-state index contributed by atoms with van der Waals surface area (Å²) in [6.45, 7) is 5.17. The highest BCUT2D eigenvalue weighted by Gasteiger charge is 2.15. The van der Waals surface area contributed by atoms with Crippen LogP contribution in [0.25, 0.3) is 0 Å². The highest BCUT2D eigenvalue weighted by molar-refractivity contribution is 6.30. The Balaban J connectivity index is 2.38. The van der Waals surface area contributed by atoms with Crippen LogP contribution in [0.3, 0.4) is 0 Å². The zero-order valence-electron chi connectivity index (χ0n) is 12.5. The average molecular weight is 306 g/mol. The summed E-state index contributed by atoms with van der Waals surface area (Å²) in [6, 6.07) is 13.5. The van der Waals surface area contributed by atoms with E-state index in [1.807, 2.05) is 0 Å². The standard InChI is InChI=1S/C18H21ClFN/c1-3-10-21-18(14-7-5-6-13(4-2)11-14)15-8-9-17(20)16(19)12-15/h5-9,11-12,18,21H,3-4,10H2,1-2H3. The Morgan fingerprint density at radius 3 is 2.52 bits per heavy atom. The predicted molar refractivity (Wildman–Crippen MR) is 87.4 cm³/mol. The van der Waals surface area contributed by atoms with Gasteiger partial charge in [-0.1, -0.05) is 55.8 Å². The molecule has 0 radical (unpaired) electrons. The van der Waals surface area contributed by atoms with E-state index in [1.165, 1.54) is 17.2 Å². The second-order valence-electron chi connectivity index (χ2n) is 5.16. The second-order valence-corrected chi connectivity index (χ2v) is 5.57. The smallest absolute Gasteiger partial charge is 0.141 e. The maximum absolute atomic E-state index is 13.4. The third kappa shape index (κ3) is 4.05. The van der Waals surface area contributed by atoms with Crippen LogP contribution in [0.4, 0.5) is 4.39 Å². The van der Waals surface area contributed by atoms with Gasteiger partial charge in [0, 0.05) is 0 Å². The van der Waals surface area contributed by atoms with E-state index in [1.54, 1.807) is 12.1 Å². The minimum Gasteiger partial charge on any atom is -0.306 e. The lowest BCUT2D eigenvalue weighted by Gasteiger charge is -2.20. The van der Waals surface area contributed by atoms with Crippen molar-refractivity contribution in [3.05, 3.63) is 70.0 Å². The molecule has 0 aliphatic rings. The van der Waals surface area contributed by atoms with Gasteiger partial charge in [-0.3, -0.25) is 0 Å². The zero-order valence-corrected chi connectivity index (χ0v) is 13.3. The predicted octanol–water partition coefficient (Wildman–Crippen LogP) is 5.13. The Hall–Kier alpha value is -1.38. The minimum absolute atomic E-state index is 0.0366. The molecule has 1 atom stereocenters. The fourth-order valence-corrected chi connectivity index (χ4v) is 2.59. The van der Waals surface area contributed by atoms with Gasteiger partial charge in [0.15, 0.2) is 0 Å². The van der Waals surface area contributed by atoms with Crippen molar-refractivity contribution in [3.63, 3.8) is 0 Å². The van der Waals surface area contributed by atoms with E-state index in [4.69, 9.17) is 11.6 Å². The molecule has 0 saturated carbocycles. The van der Waals surface area contributed by atoms with Crippen molar-refractivity contribution in [2.75, 3.05) is 6.54 Å². The molecule has 0 heterocycles. The summed E-state index contributed by atoms with van der Waals surface area (Å²) in [5, 5.41) is 3.69. The van der Waals surface area contributed by atoms with E-state index in [9.17, 15) is 4.39 Å². The van der Waals surface area contributed by atoms with E-state index in [-0.39, 0.29) is 16.9 Å². The van der Waals surface area contributed by atoms with Crippen LogP contribution in [-0.4, -0.2) is 6.54 Å². The lowest BCUT2D eigenvalue weighted by atomic mass is 9.96. The monoisotopic (exact) mass is 305 g/mol. The molecule has 3 heteroatoms. The quantitative estimate of drug-likeness (QED) is 0.780. The van der Waals surface area contributed by atoms with E-state index in [0.29, 0.717) is 0 Å². The molecular weight excluding hydrogens is 285 g/mol. The highest BCUT2D eigenvalue weighted by Crippen LogP contribution is 2.26. The molecule has 0 spiro atoms. The van der Waals surface area contributed by atoms with Gasteiger partial charge in [-0.05, 0) is 48.2 Å². The molecule has 0 aliphatic heterocycles. The molecule has 0 fully saturated rings. The molecular formula is C18H21ClFN. The van der Waals surface area contributed by atoms with Crippen molar-refractivity contribution in [2.45, 2.75) is 32.7 Å². The summed E-state index contributed by atoms with van der Waals surface area (Å²) in [4.78, 5) is 0. The lowest BCUT2D eigenvalue weighted by Crippen LogP contribution is -2.23. The van der Waals surface area contributed by atoms with Gasteiger partial charge in [0.05, 0.1) is 11.1 Å². The molecule has 0 aliphatic carbocycles. The Kier molecular flexibility index (Phi) is 5.77. The highest BCUT2D eigenvalue weighted by atomic mass is 35.5. The first-order valence-corrected chi connectivity index (χ1v) is 7.80. The Labute approximate surface area is 131 Å². The summed E-state index contributed by atoms with van der Waals surface area (Å²) in [6.07, 6.45) is 2.04. The third-order valence-corrected chi connectivity index (χ3v) is 3.86. The van der Waals surface area contributed by atoms with Crippen LogP contribution < -0.4 is 5.32 Å². The Bertz CT molecular complexity index is 598. The van der Waals surface area contributed by atoms with Gasteiger partial charge >= 0.3 is 0 Å². The molecule has 2 aromatic rings. The van der Waals surface area contributed by atoms with E-state index in [0.717, 1.165) is 24.9 Å². The molecule has 2 rings (SSSR count). The number of benzene rings is 2. The molecule has 112 valence electrons. The SMILES string of the molecule is CCCNC(c1cccc(CC)c1)c1ccc(F)c(Cl)c1. The van der Waals surface area contributed by atoms with E-state index >= 15 is 0 Å². The number of hydrogen-bond donors (Lipinski definition) is 1. The second kappa shape index (κ2) is 7.58. The lowest BCUT2D eigenvalue weighted by molar-refractivity contribution is 0.593. The van der Waals surface area contributed by atoms with Gasteiger partial charge in [0.25, 0.3) is 0 Å². The van der Waals surface area contributed by atoms with Gasteiger partial charge in [0.1, 0.15) is 5.82 Å². The van der Waals surface area contributed by atoms with Crippen LogP contribution in [0.15, 0.2) is 42.5 Å². The fourth-order valence-electron chi connectivity index (χ4n) is 2.40. The summed E-state index contributed by atoms with van der Waals surface area (Å²) >= 11 is 5.94. The maximum Gasteiger partial charge on any atom is 0.141 e. The van der Waals surface area contributed by atoms with Crippen LogP contribution in [0.5, 0.6) is 0 Å². The topological polar surface area (TPSA) is 12.0 Å². The first kappa shape index (κ1) is 16.0. The van der Waals surface area contributed by atoms with E-state index < -0.39 is 0 Å². The van der Waals surface area contributed by atoms with Crippen molar-refractivity contribution in [2.24, 2.45) is 0 Å². The summed E-state index contributed by atoms with van der Waals surface area (Å²) < 4.78 is 13.4. The molecule has 0 amide bonds. The maximum atomic E-state index is 13.4. The van der Waals surface area contributed by atoms with Crippen LogP contribution in [-0.2, 0) is 6.42 Å². The fraction of sp³-hybridized carbons (Fsp3) is 0.333. The number of halogens is 2. The largest absolute Gasteiger partial charge is 0.306 e. The molecule has 0 aromatic heterocycles. The minimum atomic E-state index is -0.378. The van der Waals surface area contributed by atoms with Crippen molar-refractivity contribution in [3.8, 4) is 0 Å². The van der Waals surface area contributed by atoms with Crippen LogP contribution in [0, 0.1) is 5.82 Å². The third-order valence-electron chi connectivity index (χ3n) is 3.57. The van der Waals surface area contributed by atoms with Crippen molar-refractivity contribution in [1.82, 2.24) is 5.32 Å². The molecule has 0 bridgehead atoms. The first-order valence-electron chi connectivity index (χ1n) is 7.42. The van der Waals surface area contributed by atoms with E-state index in [2.05, 4.69) is 43.4 Å². The van der Waals surface area contributed by atoms with Gasteiger partial charge in [-0.2, -0.15) is 0 Å². The number of aryl methyl sites for hydroxylation is 1. The molecule has 1 unspecified atom stereocenters.